The van der Waals surface area contributed by atoms with Gasteiger partial charge in [0, 0.05) is 25.6 Å². The fraction of sp³-hybridized carbons (Fsp3) is 0.889. The molecule has 24 heavy (non-hydrogen) atoms. The van der Waals surface area contributed by atoms with Crippen LogP contribution in [0.3, 0.4) is 0 Å². The molecule has 1 aromatic heterocycles. The summed E-state index contributed by atoms with van der Waals surface area (Å²) in [6.07, 6.45) is 8.23. The van der Waals surface area contributed by atoms with Gasteiger partial charge in [0.15, 0.2) is 0 Å². The van der Waals surface area contributed by atoms with Crippen molar-refractivity contribution in [3.63, 3.8) is 0 Å². The van der Waals surface area contributed by atoms with Gasteiger partial charge in [-0.3, -0.25) is 4.57 Å². The van der Waals surface area contributed by atoms with E-state index in [-0.39, 0.29) is 5.69 Å². The maximum Gasteiger partial charge on any atom is 0.345 e. The van der Waals surface area contributed by atoms with Gasteiger partial charge in [0.2, 0.25) is 0 Å². The molecule has 2 aliphatic heterocycles. The predicted octanol–water partition coefficient (Wildman–Crippen LogP) is 1.48. The number of nitrogens with one attached hydrogen (secondary N) is 1. The van der Waals surface area contributed by atoms with Crippen LogP contribution in [0, 0.1) is 5.92 Å². The maximum absolute atomic E-state index is 12.7. The van der Waals surface area contributed by atoms with E-state index in [0.29, 0.717) is 12.0 Å². The average Bonchev–Trinajstić information content (AvgIpc) is 2.90. The summed E-state index contributed by atoms with van der Waals surface area (Å²) in [6, 6.07) is 0.602. The molecule has 6 nitrogen and oxygen atoms in total. The Labute approximate surface area is 145 Å². The van der Waals surface area contributed by atoms with Crippen LogP contribution in [0.5, 0.6) is 0 Å². The van der Waals surface area contributed by atoms with Crippen molar-refractivity contribution in [3.05, 3.63) is 16.3 Å². The third-order valence-electron chi connectivity index (χ3n) is 5.84. The van der Waals surface area contributed by atoms with E-state index in [0.717, 1.165) is 44.8 Å². The lowest BCUT2D eigenvalue weighted by molar-refractivity contribution is 0.169. The number of likely N-dealkylation sites (tertiary alicyclic amines) is 1. The minimum absolute atomic E-state index is 0.0832. The number of aryl methyl sites for hydroxylation is 1. The van der Waals surface area contributed by atoms with E-state index in [1.165, 1.54) is 38.6 Å². The van der Waals surface area contributed by atoms with Gasteiger partial charge in [-0.05, 0) is 71.6 Å². The summed E-state index contributed by atoms with van der Waals surface area (Å²) in [5.74, 6) is 1.66. The largest absolute Gasteiger partial charge is 0.345 e. The van der Waals surface area contributed by atoms with Crippen molar-refractivity contribution < 1.29 is 0 Å². The van der Waals surface area contributed by atoms with Gasteiger partial charge in [0.25, 0.3) is 0 Å². The summed E-state index contributed by atoms with van der Waals surface area (Å²) in [5, 5.41) is 8.12. The highest BCUT2D eigenvalue weighted by molar-refractivity contribution is 4.91. The molecular formula is C18H33N5O. The zero-order valence-corrected chi connectivity index (χ0v) is 15.3. The van der Waals surface area contributed by atoms with E-state index in [1.807, 2.05) is 11.5 Å². The molecule has 0 radical (unpaired) electrons. The molecule has 3 rings (SSSR count). The SMILES string of the molecule is CCn1c(CC2CCNCC2)nn(CC[C@H]2CCCCN2C)c1=O. The van der Waals surface area contributed by atoms with Crippen LogP contribution in [0.15, 0.2) is 4.79 Å². The first kappa shape index (κ1) is 17.7. The first-order valence-corrected chi connectivity index (χ1v) is 9.76. The minimum atomic E-state index is 0.0832. The molecular weight excluding hydrogens is 302 g/mol. The molecule has 0 saturated carbocycles. The Kier molecular flexibility index (Phi) is 6.11. The first-order chi connectivity index (χ1) is 11.7. The van der Waals surface area contributed by atoms with E-state index < -0.39 is 0 Å². The van der Waals surface area contributed by atoms with Crippen LogP contribution in [-0.2, 0) is 19.5 Å². The van der Waals surface area contributed by atoms with E-state index in [2.05, 4.69) is 17.3 Å². The Morgan fingerprint density at radius 3 is 2.71 bits per heavy atom. The molecule has 0 aliphatic carbocycles. The monoisotopic (exact) mass is 335 g/mol. The Balaban J connectivity index is 1.65. The predicted molar refractivity (Wildman–Crippen MR) is 96.3 cm³/mol. The zero-order valence-electron chi connectivity index (χ0n) is 15.3. The smallest absolute Gasteiger partial charge is 0.317 e. The standard InChI is InChI=1S/C18H33N5O/c1-3-22-17(14-15-7-10-19-11-8-15)20-23(18(22)24)13-9-16-6-4-5-12-21(16)2/h15-16,19H,3-14H2,1-2H3/t16-/m1/s1. The van der Waals surface area contributed by atoms with Gasteiger partial charge in [0.1, 0.15) is 5.82 Å². The summed E-state index contributed by atoms with van der Waals surface area (Å²) in [5.41, 5.74) is 0.0832. The summed E-state index contributed by atoms with van der Waals surface area (Å²) in [4.78, 5) is 15.1. The van der Waals surface area contributed by atoms with Crippen LogP contribution in [0.1, 0.15) is 51.3 Å². The molecule has 0 bridgehead atoms. The lowest BCUT2D eigenvalue weighted by Crippen LogP contribution is -2.37. The van der Waals surface area contributed by atoms with Gasteiger partial charge in [0.05, 0.1) is 0 Å². The summed E-state index contributed by atoms with van der Waals surface area (Å²) < 4.78 is 3.61. The third kappa shape index (κ3) is 4.09. The van der Waals surface area contributed by atoms with Crippen molar-refractivity contribution in [1.82, 2.24) is 24.6 Å². The molecule has 0 aromatic carbocycles. The van der Waals surface area contributed by atoms with Crippen molar-refractivity contribution in [2.75, 3.05) is 26.7 Å². The number of hydrogen-bond acceptors (Lipinski definition) is 4. The third-order valence-corrected chi connectivity index (χ3v) is 5.84. The highest BCUT2D eigenvalue weighted by atomic mass is 16.2. The van der Waals surface area contributed by atoms with Gasteiger partial charge >= 0.3 is 5.69 Å². The van der Waals surface area contributed by atoms with E-state index in [9.17, 15) is 4.79 Å². The fourth-order valence-electron chi connectivity index (χ4n) is 4.22. The molecule has 2 fully saturated rings. The quantitative estimate of drug-likeness (QED) is 0.856. The molecule has 0 amide bonds. The van der Waals surface area contributed by atoms with Gasteiger partial charge in [-0.1, -0.05) is 6.42 Å². The van der Waals surface area contributed by atoms with Crippen LogP contribution < -0.4 is 11.0 Å². The molecule has 1 aromatic rings. The summed E-state index contributed by atoms with van der Waals surface area (Å²) in [6.45, 7) is 6.90. The van der Waals surface area contributed by atoms with Crippen molar-refractivity contribution in [2.24, 2.45) is 5.92 Å². The maximum atomic E-state index is 12.7. The van der Waals surface area contributed by atoms with E-state index in [4.69, 9.17) is 5.10 Å². The number of nitrogens with zero attached hydrogens (tertiary/aromatic N) is 4. The molecule has 2 saturated heterocycles. The van der Waals surface area contributed by atoms with Crippen LogP contribution in [-0.4, -0.2) is 52.0 Å². The minimum Gasteiger partial charge on any atom is -0.317 e. The molecule has 0 unspecified atom stereocenters. The fourth-order valence-corrected chi connectivity index (χ4v) is 4.22. The molecule has 1 N–H and O–H groups in total. The van der Waals surface area contributed by atoms with Crippen molar-refractivity contribution in [1.29, 1.82) is 0 Å². The second-order valence-electron chi connectivity index (χ2n) is 7.48. The Hall–Kier alpha value is -1.14. The molecule has 2 aliphatic rings. The number of rotatable bonds is 6. The molecule has 6 heteroatoms. The number of hydrogen-bond donors (Lipinski definition) is 1. The highest BCUT2D eigenvalue weighted by Crippen LogP contribution is 2.19. The van der Waals surface area contributed by atoms with Crippen LogP contribution in [0.2, 0.25) is 0 Å². The Bertz CT molecular complexity index is 572. The van der Waals surface area contributed by atoms with Crippen molar-refractivity contribution in [3.8, 4) is 0 Å². The summed E-state index contributed by atoms with van der Waals surface area (Å²) in [7, 11) is 2.21. The molecule has 0 spiro atoms. The Morgan fingerprint density at radius 2 is 2.00 bits per heavy atom. The topological polar surface area (TPSA) is 55.1 Å². The lowest BCUT2D eigenvalue weighted by atomic mass is 9.94. The molecule has 3 heterocycles. The van der Waals surface area contributed by atoms with E-state index >= 15 is 0 Å². The lowest BCUT2D eigenvalue weighted by Gasteiger charge is -2.32. The normalized spacial score (nSPS) is 23.7. The van der Waals surface area contributed by atoms with Gasteiger partial charge in [-0.25, -0.2) is 9.48 Å². The van der Waals surface area contributed by atoms with Crippen molar-refractivity contribution >= 4 is 0 Å². The van der Waals surface area contributed by atoms with Crippen LogP contribution in [0.4, 0.5) is 0 Å². The highest BCUT2D eigenvalue weighted by Gasteiger charge is 2.22. The summed E-state index contributed by atoms with van der Waals surface area (Å²) >= 11 is 0. The number of piperidine rings is 2. The zero-order chi connectivity index (χ0) is 16.9. The molecule has 136 valence electrons. The Morgan fingerprint density at radius 1 is 1.21 bits per heavy atom. The second-order valence-corrected chi connectivity index (χ2v) is 7.48. The van der Waals surface area contributed by atoms with Crippen LogP contribution >= 0.6 is 0 Å². The average molecular weight is 335 g/mol. The molecule has 1 atom stereocenters. The van der Waals surface area contributed by atoms with E-state index in [1.54, 1.807) is 4.68 Å². The van der Waals surface area contributed by atoms with Gasteiger partial charge in [-0.15, -0.1) is 0 Å². The van der Waals surface area contributed by atoms with Crippen molar-refractivity contribution in [2.45, 2.75) is 71.0 Å². The second kappa shape index (κ2) is 8.30. The first-order valence-electron chi connectivity index (χ1n) is 9.76. The van der Waals surface area contributed by atoms with Crippen LogP contribution in [0.25, 0.3) is 0 Å². The van der Waals surface area contributed by atoms with Gasteiger partial charge in [-0.2, -0.15) is 5.10 Å². The number of aromatic nitrogens is 3. The van der Waals surface area contributed by atoms with Gasteiger partial charge < -0.3 is 10.2 Å².